The van der Waals surface area contributed by atoms with E-state index in [1.54, 1.807) is 32.4 Å². The van der Waals surface area contributed by atoms with E-state index in [1.165, 1.54) is 10.5 Å². The second kappa shape index (κ2) is 10.6. The second-order valence-electron chi connectivity index (χ2n) is 5.97. The molecule has 0 bridgehead atoms. The van der Waals surface area contributed by atoms with Gasteiger partial charge >= 0.3 is 6.03 Å². The van der Waals surface area contributed by atoms with Gasteiger partial charge in [-0.25, -0.2) is 4.79 Å². The number of para-hydroxylation sites is 1. The van der Waals surface area contributed by atoms with E-state index in [0.29, 0.717) is 42.8 Å². The number of rotatable bonds is 9. The largest absolute Gasteiger partial charge is 0.492 e. The highest BCUT2D eigenvalue weighted by molar-refractivity contribution is 6.32. The monoisotopic (exact) mass is 392 g/mol. The van der Waals surface area contributed by atoms with Crippen LogP contribution >= 0.6 is 11.6 Å². The number of aryl methyl sites for hydroxylation is 1. The summed E-state index contributed by atoms with van der Waals surface area (Å²) < 4.78 is 16.3. The van der Waals surface area contributed by atoms with Crippen LogP contribution in [0.15, 0.2) is 42.5 Å². The van der Waals surface area contributed by atoms with Crippen LogP contribution in [0.25, 0.3) is 0 Å². The van der Waals surface area contributed by atoms with E-state index in [4.69, 9.17) is 25.8 Å². The lowest BCUT2D eigenvalue weighted by atomic mass is 10.2. The molecule has 0 spiro atoms. The molecule has 2 aromatic carbocycles. The van der Waals surface area contributed by atoms with Gasteiger partial charge in [-0.1, -0.05) is 35.4 Å². The number of hydrogen-bond acceptors (Lipinski definition) is 4. The standard InChI is InChI=1S/C20H25ClN2O4/c1-15-7-9-16(10-8-15)26-12-11-23(2)20(24)22-18-6-4-5-17(21)19(18)27-14-13-25-3/h4-10H,11-14H2,1-3H3,(H,22,24). The molecule has 0 radical (unpaired) electrons. The zero-order valence-corrected chi connectivity index (χ0v) is 16.6. The van der Waals surface area contributed by atoms with Crippen LogP contribution in [-0.2, 0) is 4.74 Å². The van der Waals surface area contributed by atoms with Gasteiger partial charge in [-0.3, -0.25) is 0 Å². The third-order valence-electron chi connectivity index (χ3n) is 3.81. The van der Waals surface area contributed by atoms with Gasteiger partial charge in [0.15, 0.2) is 5.75 Å². The molecule has 2 rings (SSSR count). The second-order valence-corrected chi connectivity index (χ2v) is 6.38. The molecule has 0 aromatic heterocycles. The minimum absolute atomic E-state index is 0.277. The van der Waals surface area contributed by atoms with Gasteiger partial charge in [0.05, 0.1) is 23.9 Å². The average molecular weight is 393 g/mol. The Labute approximate surface area is 165 Å². The third-order valence-corrected chi connectivity index (χ3v) is 4.10. The molecule has 2 amide bonds. The van der Waals surface area contributed by atoms with Gasteiger partial charge in [-0.2, -0.15) is 0 Å². The fourth-order valence-electron chi connectivity index (χ4n) is 2.23. The molecule has 0 atom stereocenters. The summed E-state index contributed by atoms with van der Waals surface area (Å²) in [5, 5.41) is 3.24. The highest BCUT2D eigenvalue weighted by Crippen LogP contribution is 2.33. The molecule has 0 fully saturated rings. The van der Waals surface area contributed by atoms with Crippen LogP contribution in [0.2, 0.25) is 5.02 Å². The van der Waals surface area contributed by atoms with Crippen LogP contribution in [0.5, 0.6) is 11.5 Å². The number of likely N-dealkylation sites (N-methyl/N-ethyl adjacent to an activating group) is 1. The molecule has 0 saturated heterocycles. The van der Waals surface area contributed by atoms with Gasteiger partial charge in [-0.05, 0) is 31.2 Å². The first kappa shape index (κ1) is 20.9. The van der Waals surface area contributed by atoms with Crippen LogP contribution < -0.4 is 14.8 Å². The topological polar surface area (TPSA) is 60.0 Å². The van der Waals surface area contributed by atoms with Crippen molar-refractivity contribution >= 4 is 23.3 Å². The number of urea groups is 1. The van der Waals surface area contributed by atoms with Gasteiger partial charge in [0, 0.05) is 14.2 Å². The number of nitrogens with zero attached hydrogens (tertiary/aromatic N) is 1. The highest BCUT2D eigenvalue weighted by atomic mass is 35.5. The third kappa shape index (κ3) is 6.66. The number of hydrogen-bond donors (Lipinski definition) is 1. The Bertz CT molecular complexity index is 737. The molecule has 0 heterocycles. The Hall–Kier alpha value is -2.44. The fourth-order valence-corrected chi connectivity index (χ4v) is 2.46. The van der Waals surface area contributed by atoms with Crippen LogP contribution in [-0.4, -0.2) is 51.5 Å². The Morgan fingerprint density at radius 1 is 1.07 bits per heavy atom. The molecular weight excluding hydrogens is 368 g/mol. The molecule has 0 aliphatic rings. The van der Waals surface area contributed by atoms with Crippen molar-refractivity contribution in [2.75, 3.05) is 45.8 Å². The van der Waals surface area contributed by atoms with Crippen molar-refractivity contribution in [3.05, 3.63) is 53.1 Å². The first-order valence-corrected chi connectivity index (χ1v) is 9.01. The summed E-state index contributed by atoms with van der Waals surface area (Å²) in [6.45, 7) is 3.60. The Morgan fingerprint density at radius 2 is 1.81 bits per heavy atom. The number of carbonyl (C=O) groups excluding carboxylic acids is 1. The number of halogens is 1. The number of methoxy groups -OCH3 is 1. The molecule has 0 aliphatic heterocycles. The molecule has 0 aliphatic carbocycles. The molecule has 146 valence electrons. The summed E-state index contributed by atoms with van der Waals surface area (Å²) in [6, 6.07) is 12.7. The Kier molecular flexibility index (Phi) is 8.23. The van der Waals surface area contributed by atoms with E-state index in [1.807, 2.05) is 31.2 Å². The van der Waals surface area contributed by atoms with Crippen LogP contribution in [0.4, 0.5) is 10.5 Å². The van der Waals surface area contributed by atoms with Crippen molar-refractivity contribution in [1.82, 2.24) is 4.90 Å². The molecular formula is C20H25ClN2O4. The molecule has 7 heteroatoms. The van der Waals surface area contributed by atoms with E-state index in [-0.39, 0.29) is 6.03 Å². The van der Waals surface area contributed by atoms with Gasteiger partial charge in [0.1, 0.15) is 19.0 Å². The first-order valence-electron chi connectivity index (χ1n) is 8.63. The van der Waals surface area contributed by atoms with E-state index in [2.05, 4.69) is 5.32 Å². The summed E-state index contributed by atoms with van der Waals surface area (Å²) in [4.78, 5) is 14.0. The summed E-state index contributed by atoms with van der Waals surface area (Å²) in [6.07, 6.45) is 0. The maximum absolute atomic E-state index is 12.4. The summed E-state index contributed by atoms with van der Waals surface area (Å²) in [5.41, 5.74) is 1.68. The fraction of sp³-hybridized carbons (Fsp3) is 0.350. The van der Waals surface area contributed by atoms with E-state index >= 15 is 0 Å². The molecule has 0 saturated carbocycles. The minimum atomic E-state index is -0.277. The number of ether oxygens (including phenoxy) is 3. The average Bonchev–Trinajstić information content (AvgIpc) is 2.65. The number of carbonyl (C=O) groups is 1. The zero-order valence-electron chi connectivity index (χ0n) is 15.8. The minimum Gasteiger partial charge on any atom is -0.492 e. The van der Waals surface area contributed by atoms with Crippen molar-refractivity contribution in [3.8, 4) is 11.5 Å². The van der Waals surface area contributed by atoms with Crippen LogP contribution in [0.1, 0.15) is 5.56 Å². The van der Waals surface area contributed by atoms with Crippen LogP contribution in [0, 0.1) is 6.92 Å². The Morgan fingerprint density at radius 3 is 2.52 bits per heavy atom. The molecule has 0 unspecified atom stereocenters. The molecule has 27 heavy (non-hydrogen) atoms. The van der Waals surface area contributed by atoms with Crippen molar-refractivity contribution in [3.63, 3.8) is 0 Å². The van der Waals surface area contributed by atoms with Crippen molar-refractivity contribution in [2.24, 2.45) is 0 Å². The lowest BCUT2D eigenvalue weighted by Gasteiger charge is -2.20. The highest BCUT2D eigenvalue weighted by Gasteiger charge is 2.14. The lowest BCUT2D eigenvalue weighted by molar-refractivity contribution is 0.146. The van der Waals surface area contributed by atoms with Gasteiger partial charge in [0.25, 0.3) is 0 Å². The Balaban J connectivity index is 1.88. The summed E-state index contributed by atoms with van der Waals surface area (Å²) >= 11 is 6.18. The van der Waals surface area contributed by atoms with Crippen LogP contribution in [0.3, 0.4) is 0 Å². The van der Waals surface area contributed by atoms with Crippen molar-refractivity contribution in [1.29, 1.82) is 0 Å². The number of amides is 2. The molecule has 2 aromatic rings. The van der Waals surface area contributed by atoms with E-state index in [9.17, 15) is 4.79 Å². The maximum atomic E-state index is 12.4. The summed E-state index contributed by atoms with van der Waals surface area (Å²) in [7, 11) is 3.29. The van der Waals surface area contributed by atoms with Gasteiger partial charge < -0.3 is 24.4 Å². The molecule has 6 nitrogen and oxygen atoms in total. The van der Waals surface area contributed by atoms with E-state index < -0.39 is 0 Å². The SMILES string of the molecule is COCCOc1c(Cl)cccc1NC(=O)N(C)CCOc1ccc(C)cc1. The predicted octanol–water partition coefficient (Wildman–Crippen LogP) is 4.22. The number of nitrogens with one attached hydrogen (secondary N) is 1. The number of anilines is 1. The quantitative estimate of drug-likeness (QED) is 0.649. The molecule has 1 N–H and O–H groups in total. The van der Waals surface area contributed by atoms with E-state index in [0.717, 1.165) is 5.75 Å². The van der Waals surface area contributed by atoms with Gasteiger partial charge in [0.2, 0.25) is 0 Å². The normalized spacial score (nSPS) is 10.4. The lowest BCUT2D eigenvalue weighted by Crippen LogP contribution is -2.34. The zero-order chi connectivity index (χ0) is 19.6. The number of benzene rings is 2. The summed E-state index contributed by atoms with van der Waals surface area (Å²) in [5.74, 6) is 1.20. The van der Waals surface area contributed by atoms with Crippen molar-refractivity contribution < 1.29 is 19.0 Å². The van der Waals surface area contributed by atoms with Crippen molar-refractivity contribution in [2.45, 2.75) is 6.92 Å². The van der Waals surface area contributed by atoms with Gasteiger partial charge in [-0.15, -0.1) is 0 Å². The smallest absolute Gasteiger partial charge is 0.321 e. The first-order chi connectivity index (χ1) is 13.0. The maximum Gasteiger partial charge on any atom is 0.321 e. The predicted molar refractivity (Wildman–Crippen MR) is 107 cm³/mol.